The second-order valence-electron chi connectivity index (χ2n) is 6.84. The van der Waals surface area contributed by atoms with Crippen molar-refractivity contribution in [3.8, 4) is 11.9 Å². The topological polar surface area (TPSA) is 210 Å². The predicted molar refractivity (Wildman–Crippen MR) is 110 cm³/mol. The van der Waals surface area contributed by atoms with E-state index >= 15 is 0 Å². The number of aliphatic hydroxyl groups is 3. The minimum Gasteiger partial charge on any atom is -0.481 e. The van der Waals surface area contributed by atoms with Crippen molar-refractivity contribution in [2.45, 2.75) is 35.5 Å². The van der Waals surface area contributed by atoms with Gasteiger partial charge in [0.05, 0.1) is 19.1 Å². The molecule has 1 aliphatic rings. The van der Waals surface area contributed by atoms with Crippen LogP contribution in [-0.2, 0) is 19.6 Å². The van der Waals surface area contributed by atoms with Crippen LogP contribution in [0.1, 0.15) is 0 Å². The van der Waals surface area contributed by atoms with E-state index in [1.807, 2.05) is 0 Å². The number of carboxylic acid groups (broad SMARTS) is 1. The van der Waals surface area contributed by atoms with Gasteiger partial charge < -0.3 is 40.0 Å². The molecule has 33 heavy (non-hydrogen) atoms. The van der Waals surface area contributed by atoms with E-state index in [1.54, 1.807) is 0 Å². The number of rotatable bonds is 8. The van der Waals surface area contributed by atoms with Gasteiger partial charge in [0.1, 0.15) is 18.3 Å². The first-order valence-electron chi connectivity index (χ1n) is 9.34. The largest absolute Gasteiger partial charge is 0.481 e. The minimum absolute atomic E-state index is 0.0807. The zero-order chi connectivity index (χ0) is 24.3. The maximum atomic E-state index is 12.7. The maximum absolute atomic E-state index is 12.7. The molecule has 15 heteroatoms. The molecule has 0 radical (unpaired) electrons. The van der Waals surface area contributed by atoms with E-state index in [4.69, 9.17) is 19.3 Å². The van der Waals surface area contributed by atoms with Crippen molar-refractivity contribution < 1.29 is 47.8 Å². The van der Waals surface area contributed by atoms with Crippen LogP contribution in [-0.4, -0.2) is 89.6 Å². The highest BCUT2D eigenvalue weighted by Gasteiger charge is 2.46. The SMILES string of the molecule is COc1cc(NS(=O)(=O)c2ccc(NC3OC(C(=O)O)C(O)C(O)C3O)cc2)nc(OC)n1. The molecule has 1 fully saturated rings. The lowest BCUT2D eigenvalue weighted by atomic mass is 9.98. The molecule has 0 amide bonds. The molecule has 2 heterocycles. The summed E-state index contributed by atoms with van der Waals surface area (Å²) in [5.74, 6) is -1.53. The average Bonchev–Trinajstić information content (AvgIpc) is 2.78. The number of carbonyl (C=O) groups is 1. The third kappa shape index (κ3) is 5.40. The fraction of sp³-hybridized carbons (Fsp3) is 0.389. The molecule has 0 spiro atoms. The van der Waals surface area contributed by atoms with Crippen LogP contribution >= 0.6 is 0 Å². The standard InChI is InChI=1S/C18H22N4O10S/c1-30-11-7-10(20-18(21-11)31-2)22-33(28,29)9-5-3-8(4-6-9)19-16-14(25)12(23)13(24)15(32-16)17(26)27/h3-7,12-16,19,23-25H,1-2H3,(H,26,27)(H,20,21,22). The summed E-state index contributed by atoms with van der Waals surface area (Å²) in [5, 5.41) is 41.4. The van der Waals surface area contributed by atoms with E-state index in [1.165, 1.54) is 44.6 Å². The zero-order valence-corrected chi connectivity index (χ0v) is 18.1. The number of sulfonamides is 1. The van der Waals surface area contributed by atoms with E-state index in [0.29, 0.717) is 0 Å². The highest BCUT2D eigenvalue weighted by Crippen LogP contribution is 2.25. The van der Waals surface area contributed by atoms with Crippen LogP contribution in [0, 0.1) is 0 Å². The zero-order valence-electron chi connectivity index (χ0n) is 17.3. The Balaban J connectivity index is 1.75. The van der Waals surface area contributed by atoms with Gasteiger partial charge in [-0.2, -0.15) is 9.97 Å². The summed E-state index contributed by atoms with van der Waals surface area (Å²) >= 11 is 0. The smallest absolute Gasteiger partial charge is 0.335 e. The number of nitrogens with one attached hydrogen (secondary N) is 2. The van der Waals surface area contributed by atoms with E-state index < -0.39 is 46.6 Å². The van der Waals surface area contributed by atoms with Gasteiger partial charge in [0.15, 0.2) is 18.1 Å². The fourth-order valence-electron chi connectivity index (χ4n) is 2.95. The molecule has 0 aliphatic carbocycles. The van der Waals surface area contributed by atoms with Crippen molar-refractivity contribution in [3.63, 3.8) is 0 Å². The first-order chi connectivity index (χ1) is 15.6. The first-order valence-corrected chi connectivity index (χ1v) is 10.8. The molecule has 1 aliphatic heterocycles. The molecule has 0 saturated carbocycles. The molecule has 2 aromatic rings. The van der Waals surface area contributed by atoms with Gasteiger partial charge in [0.2, 0.25) is 5.88 Å². The van der Waals surface area contributed by atoms with Gasteiger partial charge in [-0.15, -0.1) is 0 Å². The Morgan fingerprint density at radius 1 is 1.03 bits per heavy atom. The lowest BCUT2D eigenvalue weighted by molar-refractivity contribution is -0.221. The summed E-state index contributed by atoms with van der Waals surface area (Å²) in [7, 11) is -1.42. The Bertz CT molecular complexity index is 1080. The molecule has 14 nitrogen and oxygen atoms in total. The quantitative estimate of drug-likeness (QED) is 0.254. The lowest BCUT2D eigenvalue weighted by Gasteiger charge is -2.39. The molecule has 1 saturated heterocycles. The van der Waals surface area contributed by atoms with Gasteiger partial charge in [0, 0.05) is 11.8 Å². The number of ether oxygens (including phenoxy) is 3. The number of hydrogen-bond donors (Lipinski definition) is 6. The molecular formula is C18H22N4O10S. The molecule has 0 bridgehead atoms. The van der Waals surface area contributed by atoms with Gasteiger partial charge in [-0.1, -0.05) is 0 Å². The molecule has 3 rings (SSSR count). The van der Waals surface area contributed by atoms with Gasteiger partial charge in [-0.05, 0) is 24.3 Å². The van der Waals surface area contributed by atoms with E-state index in [2.05, 4.69) is 20.0 Å². The summed E-state index contributed by atoms with van der Waals surface area (Å²) in [4.78, 5) is 18.8. The molecule has 1 aromatic carbocycles. The normalized spacial score (nSPS) is 25.2. The molecule has 6 N–H and O–H groups in total. The van der Waals surface area contributed by atoms with Gasteiger partial charge in [-0.25, -0.2) is 13.2 Å². The highest BCUT2D eigenvalue weighted by molar-refractivity contribution is 7.92. The highest BCUT2D eigenvalue weighted by atomic mass is 32.2. The van der Waals surface area contributed by atoms with Crippen molar-refractivity contribution in [3.05, 3.63) is 30.3 Å². The Kier molecular flexibility index (Phi) is 7.19. The van der Waals surface area contributed by atoms with Crippen LogP contribution in [0.3, 0.4) is 0 Å². The second-order valence-corrected chi connectivity index (χ2v) is 8.53. The fourth-order valence-corrected chi connectivity index (χ4v) is 3.94. The summed E-state index contributed by atoms with van der Waals surface area (Å²) in [5.41, 5.74) is 0.246. The van der Waals surface area contributed by atoms with Crippen LogP contribution < -0.4 is 19.5 Å². The van der Waals surface area contributed by atoms with Crippen molar-refractivity contribution >= 4 is 27.5 Å². The number of benzene rings is 1. The van der Waals surface area contributed by atoms with Crippen LogP contribution in [0.15, 0.2) is 35.2 Å². The van der Waals surface area contributed by atoms with Crippen LogP contribution in [0.25, 0.3) is 0 Å². The third-order valence-corrected chi connectivity index (χ3v) is 6.01. The van der Waals surface area contributed by atoms with Gasteiger partial charge >= 0.3 is 12.0 Å². The lowest BCUT2D eigenvalue weighted by Crippen LogP contribution is -2.61. The van der Waals surface area contributed by atoms with Gasteiger partial charge in [-0.3, -0.25) is 4.72 Å². The number of anilines is 2. The number of aromatic nitrogens is 2. The van der Waals surface area contributed by atoms with E-state index in [0.717, 1.165) is 0 Å². The Hall–Kier alpha value is -3.24. The third-order valence-electron chi connectivity index (χ3n) is 4.64. The molecular weight excluding hydrogens is 464 g/mol. The Morgan fingerprint density at radius 2 is 1.70 bits per heavy atom. The molecule has 5 unspecified atom stereocenters. The van der Waals surface area contributed by atoms with E-state index in [9.17, 15) is 28.5 Å². The maximum Gasteiger partial charge on any atom is 0.335 e. The molecule has 180 valence electrons. The second kappa shape index (κ2) is 9.72. The summed E-state index contributed by atoms with van der Waals surface area (Å²) in [6.07, 6.45) is -8.41. The minimum atomic E-state index is -4.07. The average molecular weight is 486 g/mol. The monoisotopic (exact) mass is 486 g/mol. The Labute approximate surface area is 187 Å². The number of carboxylic acids is 1. The van der Waals surface area contributed by atoms with Gasteiger partial charge in [0.25, 0.3) is 10.0 Å². The van der Waals surface area contributed by atoms with E-state index in [-0.39, 0.29) is 28.3 Å². The number of aliphatic carboxylic acids is 1. The number of nitrogens with zero attached hydrogens (tertiary/aromatic N) is 2. The predicted octanol–water partition coefficient (Wildman–Crippen LogP) is -1.40. The van der Waals surface area contributed by atoms with Crippen LogP contribution in [0.2, 0.25) is 0 Å². The van der Waals surface area contributed by atoms with Crippen LogP contribution in [0.5, 0.6) is 11.9 Å². The summed E-state index contributed by atoms with van der Waals surface area (Å²) in [6, 6.07) is 6.28. The first kappa shape index (κ1) is 24.4. The van der Waals surface area contributed by atoms with Crippen molar-refractivity contribution in [2.75, 3.05) is 24.3 Å². The summed E-state index contributed by atoms with van der Waals surface area (Å²) < 4.78 is 42.6. The summed E-state index contributed by atoms with van der Waals surface area (Å²) in [6.45, 7) is 0. The number of hydrogen-bond acceptors (Lipinski definition) is 12. The van der Waals surface area contributed by atoms with Crippen LogP contribution in [0.4, 0.5) is 11.5 Å². The Morgan fingerprint density at radius 3 is 2.27 bits per heavy atom. The van der Waals surface area contributed by atoms with Crippen molar-refractivity contribution in [1.82, 2.24) is 9.97 Å². The van der Waals surface area contributed by atoms with Crippen molar-refractivity contribution in [2.24, 2.45) is 0 Å². The number of aliphatic hydroxyl groups excluding tert-OH is 3. The number of methoxy groups -OCH3 is 2. The molecule has 1 aromatic heterocycles. The molecule has 5 atom stereocenters. The van der Waals surface area contributed by atoms with Crippen molar-refractivity contribution in [1.29, 1.82) is 0 Å².